The van der Waals surface area contributed by atoms with Crippen molar-refractivity contribution in [2.45, 2.75) is 45.1 Å². The lowest BCUT2D eigenvalue weighted by molar-refractivity contribution is -0.125. The van der Waals surface area contributed by atoms with Crippen LogP contribution >= 0.6 is 11.8 Å². The number of rotatable bonds is 8. The predicted octanol–water partition coefficient (Wildman–Crippen LogP) is 3.57. The van der Waals surface area contributed by atoms with Crippen LogP contribution in [0.25, 0.3) is 0 Å². The number of thioether (sulfide) groups is 1. The minimum atomic E-state index is -0.0680. The second-order valence-electron chi connectivity index (χ2n) is 7.96. The average Bonchev–Trinajstić information content (AvgIpc) is 2.79. The largest absolute Gasteiger partial charge is 0.356 e. The number of anilines is 2. The van der Waals surface area contributed by atoms with Gasteiger partial charge in [-0.25, -0.2) is 0 Å². The van der Waals surface area contributed by atoms with Gasteiger partial charge in [0.2, 0.25) is 11.8 Å². The van der Waals surface area contributed by atoms with Gasteiger partial charge in [0.15, 0.2) is 5.82 Å². The van der Waals surface area contributed by atoms with Gasteiger partial charge in [-0.15, -0.1) is 10.2 Å². The molecule has 31 heavy (non-hydrogen) atoms. The molecule has 0 unspecified atom stereocenters. The van der Waals surface area contributed by atoms with Gasteiger partial charge in [-0.1, -0.05) is 30.8 Å². The van der Waals surface area contributed by atoms with E-state index < -0.39 is 0 Å². The Morgan fingerprint density at radius 1 is 1.19 bits per heavy atom. The third-order valence-electron chi connectivity index (χ3n) is 5.31. The van der Waals surface area contributed by atoms with Crippen molar-refractivity contribution in [3.8, 4) is 0 Å². The number of hydrogen-bond donors (Lipinski definition) is 2. The Morgan fingerprint density at radius 3 is 2.77 bits per heavy atom. The van der Waals surface area contributed by atoms with Gasteiger partial charge < -0.3 is 15.5 Å². The molecule has 2 aromatic rings. The number of piperidine rings is 1. The molecule has 1 aliphatic heterocycles. The summed E-state index contributed by atoms with van der Waals surface area (Å²) in [7, 11) is 0. The van der Waals surface area contributed by atoms with Crippen LogP contribution in [0, 0.1) is 19.8 Å². The van der Waals surface area contributed by atoms with E-state index in [1.165, 1.54) is 11.8 Å². The molecule has 1 atom stereocenters. The van der Waals surface area contributed by atoms with E-state index in [1.54, 1.807) is 0 Å². The van der Waals surface area contributed by atoms with Crippen LogP contribution in [0.1, 0.15) is 37.3 Å². The Labute approximate surface area is 188 Å². The maximum Gasteiger partial charge on any atom is 0.234 e. The van der Waals surface area contributed by atoms with Crippen molar-refractivity contribution in [3.05, 3.63) is 41.5 Å². The molecule has 1 aliphatic rings. The molecule has 1 fully saturated rings. The summed E-state index contributed by atoms with van der Waals surface area (Å²) in [5.41, 5.74) is 2.99. The van der Waals surface area contributed by atoms with E-state index in [0.717, 1.165) is 55.0 Å². The van der Waals surface area contributed by atoms with Crippen molar-refractivity contribution in [3.63, 3.8) is 0 Å². The lowest BCUT2D eigenvalue weighted by atomic mass is 9.97. The van der Waals surface area contributed by atoms with Crippen molar-refractivity contribution in [2.24, 2.45) is 5.92 Å². The zero-order valence-corrected chi connectivity index (χ0v) is 19.3. The summed E-state index contributed by atoms with van der Waals surface area (Å²) in [4.78, 5) is 26.7. The molecule has 0 radical (unpaired) electrons. The maximum atomic E-state index is 12.3. The molecule has 2 N–H and O–H groups in total. The summed E-state index contributed by atoms with van der Waals surface area (Å²) in [6.07, 6.45) is 2.80. The van der Waals surface area contributed by atoms with Crippen LogP contribution in [0.4, 0.5) is 11.5 Å². The van der Waals surface area contributed by atoms with E-state index in [4.69, 9.17) is 0 Å². The van der Waals surface area contributed by atoms with E-state index in [0.29, 0.717) is 11.6 Å². The zero-order valence-electron chi connectivity index (χ0n) is 18.5. The zero-order chi connectivity index (χ0) is 22.2. The first-order valence-electron chi connectivity index (χ1n) is 10.8. The molecule has 7 nitrogen and oxygen atoms in total. The molecule has 0 spiro atoms. The van der Waals surface area contributed by atoms with Crippen LogP contribution in [-0.4, -0.2) is 47.4 Å². The monoisotopic (exact) mass is 441 g/mol. The first kappa shape index (κ1) is 23.1. The molecule has 1 aromatic carbocycles. The number of carbonyl (C=O) groups excluding carboxylic acids is 2. The highest BCUT2D eigenvalue weighted by Crippen LogP contribution is 2.23. The molecule has 8 heteroatoms. The van der Waals surface area contributed by atoms with Crippen molar-refractivity contribution >= 4 is 35.1 Å². The van der Waals surface area contributed by atoms with Gasteiger partial charge in [-0.2, -0.15) is 0 Å². The summed E-state index contributed by atoms with van der Waals surface area (Å²) in [6.45, 7) is 8.29. The number of hydrogen-bond acceptors (Lipinski definition) is 6. The minimum Gasteiger partial charge on any atom is -0.356 e. The van der Waals surface area contributed by atoms with E-state index in [-0.39, 0.29) is 23.5 Å². The first-order chi connectivity index (χ1) is 15.0. The Kier molecular flexibility index (Phi) is 8.28. The molecule has 1 saturated heterocycles. The Hall–Kier alpha value is -2.61. The van der Waals surface area contributed by atoms with Crippen LogP contribution in [0.15, 0.2) is 35.4 Å². The highest BCUT2D eigenvalue weighted by molar-refractivity contribution is 7.99. The summed E-state index contributed by atoms with van der Waals surface area (Å²) >= 11 is 1.36. The fraction of sp³-hybridized carbons (Fsp3) is 0.478. The van der Waals surface area contributed by atoms with E-state index in [1.807, 2.05) is 44.2 Å². The van der Waals surface area contributed by atoms with Gasteiger partial charge >= 0.3 is 0 Å². The number of amides is 2. The fourth-order valence-corrected chi connectivity index (χ4v) is 4.16. The molecule has 0 bridgehead atoms. The van der Waals surface area contributed by atoms with Crippen molar-refractivity contribution in [1.29, 1.82) is 0 Å². The summed E-state index contributed by atoms with van der Waals surface area (Å²) < 4.78 is 0. The van der Waals surface area contributed by atoms with Crippen LogP contribution in [-0.2, 0) is 9.59 Å². The molecule has 166 valence electrons. The van der Waals surface area contributed by atoms with Gasteiger partial charge in [0.05, 0.1) is 11.7 Å². The highest BCUT2D eigenvalue weighted by Gasteiger charge is 2.26. The minimum absolute atomic E-state index is 0.00933. The van der Waals surface area contributed by atoms with Crippen molar-refractivity contribution in [1.82, 2.24) is 15.5 Å². The van der Waals surface area contributed by atoms with Crippen LogP contribution in [0.3, 0.4) is 0 Å². The first-order valence-corrected chi connectivity index (χ1v) is 11.8. The summed E-state index contributed by atoms with van der Waals surface area (Å²) in [6, 6.07) is 9.81. The lowest BCUT2D eigenvalue weighted by Gasteiger charge is -2.32. The highest BCUT2D eigenvalue weighted by atomic mass is 32.2. The average molecular weight is 442 g/mol. The lowest BCUT2D eigenvalue weighted by Crippen LogP contribution is -2.43. The molecular weight excluding hydrogens is 410 g/mol. The van der Waals surface area contributed by atoms with E-state index >= 15 is 0 Å². The van der Waals surface area contributed by atoms with Gasteiger partial charge in [-0.05, 0) is 62.4 Å². The number of nitrogens with one attached hydrogen (secondary N) is 2. The van der Waals surface area contributed by atoms with Crippen LogP contribution in [0.5, 0.6) is 0 Å². The maximum absolute atomic E-state index is 12.3. The fourth-order valence-electron chi connectivity index (χ4n) is 3.55. The van der Waals surface area contributed by atoms with Crippen molar-refractivity contribution in [2.75, 3.05) is 35.6 Å². The molecule has 3 rings (SSSR count). The summed E-state index contributed by atoms with van der Waals surface area (Å²) in [5.74, 6) is 1.09. The Bertz CT molecular complexity index is 903. The summed E-state index contributed by atoms with van der Waals surface area (Å²) in [5, 5.41) is 15.3. The number of aryl methyl sites for hydroxylation is 2. The molecule has 0 aliphatic carbocycles. The standard InChI is InChI=1S/C23H31N5O2S/c1-4-11-24-23(30)18-6-5-12-28(14-18)20-9-10-22(27-26-20)31-15-21(29)25-19-13-16(2)7-8-17(19)3/h7-10,13,18H,4-6,11-12,14-15H2,1-3H3,(H,24,30)(H,25,29)/t18-/m0/s1. The quantitative estimate of drug-likeness (QED) is 0.609. The Balaban J connectivity index is 1.51. The molecule has 2 amide bonds. The van der Waals surface area contributed by atoms with Crippen LogP contribution in [0.2, 0.25) is 0 Å². The van der Waals surface area contributed by atoms with Gasteiger partial charge in [0.1, 0.15) is 5.03 Å². The van der Waals surface area contributed by atoms with Crippen LogP contribution < -0.4 is 15.5 Å². The number of aromatic nitrogens is 2. The van der Waals surface area contributed by atoms with Gasteiger partial charge in [0.25, 0.3) is 0 Å². The normalized spacial score (nSPS) is 16.1. The molecule has 0 saturated carbocycles. The van der Waals surface area contributed by atoms with Gasteiger partial charge in [0, 0.05) is 25.3 Å². The second kappa shape index (κ2) is 11.1. The predicted molar refractivity (Wildman–Crippen MR) is 126 cm³/mol. The number of benzene rings is 1. The Morgan fingerprint density at radius 2 is 2.03 bits per heavy atom. The molecule has 2 heterocycles. The third kappa shape index (κ3) is 6.69. The molecular formula is C23H31N5O2S. The number of nitrogens with zero attached hydrogens (tertiary/aromatic N) is 3. The van der Waals surface area contributed by atoms with E-state index in [9.17, 15) is 9.59 Å². The topological polar surface area (TPSA) is 87.2 Å². The van der Waals surface area contributed by atoms with Gasteiger partial charge in [-0.3, -0.25) is 9.59 Å². The second-order valence-corrected chi connectivity index (χ2v) is 8.96. The van der Waals surface area contributed by atoms with E-state index in [2.05, 4.69) is 32.7 Å². The smallest absolute Gasteiger partial charge is 0.234 e. The molecule has 1 aromatic heterocycles. The van der Waals surface area contributed by atoms with Crippen molar-refractivity contribution < 1.29 is 9.59 Å². The number of carbonyl (C=O) groups is 2. The SMILES string of the molecule is CCCNC(=O)[C@H]1CCCN(c2ccc(SCC(=O)Nc3cc(C)ccc3C)nn2)C1. The third-order valence-corrected chi connectivity index (χ3v) is 6.23.